The molecule has 4 aromatic rings. The molecule has 0 atom stereocenters. The van der Waals surface area contributed by atoms with Gasteiger partial charge in [0.15, 0.2) is 11.5 Å². The Morgan fingerprint density at radius 2 is 1.94 bits per heavy atom. The first-order valence-electron chi connectivity index (χ1n) is 10.2. The lowest BCUT2D eigenvalue weighted by Gasteiger charge is -2.18. The van der Waals surface area contributed by atoms with Crippen LogP contribution in [-0.2, 0) is 12.1 Å². The molecule has 5 rings (SSSR count). The third kappa shape index (κ3) is 3.33. The minimum atomic E-state index is -1.12. The first-order chi connectivity index (χ1) is 15.3. The molecular weight excluding hydrogens is 410 g/mol. The maximum Gasteiger partial charge on any atom is 0.278 e. The summed E-state index contributed by atoms with van der Waals surface area (Å²) >= 11 is 0. The van der Waals surface area contributed by atoms with Gasteiger partial charge in [0.2, 0.25) is 5.95 Å². The summed E-state index contributed by atoms with van der Waals surface area (Å²) in [5, 5.41) is 14.0. The molecule has 32 heavy (non-hydrogen) atoms. The molecule has 5 N–H and O–H groups in total. The smallest absolute Gasteiger partial charge is 0.278 e. The SMILES string of the molecule is CCn1c(=O)c2cnc(Nc3ccc4c(c3)NNN4)nc2n1-c1cccc(C(C)(C)O)n1. The van der Waals surface area contributed by atoms with Gasteiger partial charge in [0.05, 0.1) is 17.1 Å². The number of hydrogen-bond donors (Lipinski definition) is 5. The Kier molecular flexibility index (Phi) is 4.57. The average Bonchev–Trinajstić information content (AvgIpc) is 3.34. The van der Waals surface area contributed by atoms with Crippen LogP contribution in [0.5, 0.6) is 0 Å². The molecule has 0 amide bonds. The van der Waals surface area contributed by atoms with Crippen molar-refractivity contribution in [3.8, 4) is 5.82 Å². The van der Waals surface area contributed by atoms with Crippen molar-refractivity contribution in [1.29, 1.82) is 0 Å². The highest BCUT2D eigenvalue weighted by Crippen LogP contribution is 2.29. The molecule has 0 unspecified atom stereocenters. The van der Waals surface area contributed by atoms with E-state index in [1.54, 1.807) is 41.4 Å². The second-order valence-corrected chi connectivity index (χ2v) is 7.96. The van der Waals surface area contributed by atoms with E-state index in [0.717, 1.165) is 17.1 Å². The van der Waals surface area contributed by atoms with Crippen LogP contribution in [0.15, 0.2) is 47.4 Å². The van der Waals surface area contributed by atoms with Crippen molar-refractivity contribution in [1.82, 2.24) is 29.9 Å². The van der Waals surface area contributed by atoms with E-state index in [1.165, 1.54) is 6.20 Å². The summed E-state index contributed by atoms with van der Waals surface area (Å²) in [4.78, 5) is 26.5. The van der Waals surface area contributed by atoms with Gasteiger partial charge in [-0.15, -0.1) is 5.53 Å². The Morgan fingerprint density at radius 3 is 2.72 bits per heavy atom. The molecule has 1 aromatic carbocycles. The van der Waals surface area contributed by atoms with Gasteiger partial charge in [-0.05, 0) is 51.1 Å². The lowest BCUT2D eigenvalue weighted by molar-refractivity contribution is 0.0738. The maximum absolute atomic E-state index is 13.0. The number of pyridine rings is 1. The van der Waals surface area contributed by atoms with E-state index in [9.17, 15) is 9.90 Å². The van der Waals surface area contributed by atoms with Gasteiger partial charge in [0, 0.05) is 18.4 Å². The molecule has 0 radical (unpaired) electrons. The van der Waals surface area contributed by atoms with Gasteiger partial charge in [0.25, 0.3) is 5.56 Å². The van der Waals surface area contributed by atoms with Crippen molar-refractivity contribution in [2.75, 3.05) is 16.2 Å². The van der Waals surface area contributed by atoms with E-state index >= 15 is 0 Å². The Bertz CT molecular complexity index is 1380. The summed E-state index contributed by atoms with van der Waals surface area (Å²) in [6.07, 6.45) is 1.52. The molecule has 0 bridgehead atoms. The van der Waals surface area contributed by atoms with Crippen molar-refractivity contribution in [2.45, 2.75) is 32.9 Å². The molecule has 1 aliphatic heterocycles. The highest BCUT2D eigenvalue weighted by Gasteiger charge is 2.21. The summed E-state index contributed by atoms with van der Waals surface area (Å²) in [7, 11) is 0. The molecule has 0 fully saturated rings. The van der Waals surface area contributed by atoms with E-state index in [0.29, 0.717) is 35.0 Å². The minimum absolute atomic E-state index is 0.205. The van der Waals surface area contributed by atoms with Crippen molar-refractivity contribution in [2.24, 2.45) is 0 Å². The van der Waals surface area contributed by atoms with Gasteiger partial charge in [-0.25, -0.2) is 19.3 Å². The monoisotopic (exact) mass is 433 g/mol. The fourth-order valence-corrected chi connectivity index (χ4v) is 3.62. The summed E-state index contributed by atoms with van der Waals surface area (Å²) in [5.41, 5.74) is 11.0. The zero-order chi connectivity index (χ0) is 22.5. The van der Waals surface area contributed by atoms with Crippen LogP contribution in [0.3, 0.4) is 0 Å². The highest BCUT2D eigenvalue weighted by atomic mass is 16.3. The summed E-state index contributed by atoms with van der Waals surface area (Å²) in [6.45, 7) is 5.63. The molecule has 0 saturated carbocycles. The number of aromatic nitrogens is 5. The van der Waals surface area contributed by atoms with E-state index in [-0.39, 0.29) is 5.56 Å². The van der Waals surface area contributed by atoms with Crippen molar-refractivity contribution in [3.05, 3.63) is 58.6 Å². The minimum Gasteiger partial charge on any atom is -0.384 e. The zero-order valence-electron chi connectivity index (χ0n) is 17.8. The van der Waals surface area contributed by atoms with Crippen LogP contribution in [0.1, 0.15) is 26.5 Å². The fourth-order valence-electron chi connectivity index (χ4n) is 3.62. The van der Waals surface area contributed by atoms with E-state index < -0.39 is 5.60 Å². The van der Waals surface area contributed by atoms with Gasteiger partial charge >= 0.3 is 0 Å². The molecule has 164 valence electrons. The predicted molar refractivity (Wildman–Crippen MR) is 122 cm³/mol. The third-order valence-electron chi connectivity index (χ3n) is 5.22. The number of hydrogen-bond acceptors (Lipinski definition) is 9. The average molecular weight is 433 g/mol. The van der Waals surface area contributed by atoms with Gasteiger partial charge in [-0.2, -0.15) is 4.98 Å². The second kappa shape index (κ2) is 7.32. The largest absolute Gasteiger partial charge is 0.384 e. The summed E-state index contributed by atoms with van der Waals surface area (Å²) in [5.74, 6) is 0.833. The normalized spacial score (nSPS) is 13.0. The second-order valence-electron chi connectivity index (χ2n) is 7.96. The quantitative estimate of drug-likeness (QED) is 0.321. The lowest BCUT2D eigenvalue weighted by atomic mass is 10.1. The molecular formula is C21H23N9O2. The van der Waals surface area contributed by atoms with Crippen molar-refractivity contribution >= 4 is 34.0 Å². The summed E-state index contributed by atoms with van der Waals surface area (Å²) in [6, 6.07) is 11.0. The van der Waals surface area contributed by atoms with Crippen molar-refractivity contribution < 1.29 is 5.11 Å². The number of aliphatic hydroxyl groups is 1. The van der Waals surface area contributed by atoms with Gasteiger partial charge < -0.3 is 21.3 Å². The standard InChI is InChI=1S/C21H23N9O2/c1-4-29-19(31)13-11-22-20(23-12-8-9-14-15(10-12)27-28-26-14)25-18(13)30(29)17-7-5-6-16(24-17)21(2,3)32/h5-11,26-28,32H,4H2,1-3H3,(H,22,23,25). The Balaban J connectivity index is 1.62. The lowest BCUT2D eigenvalue weighted by Crippen LogP contribution is -2.23. The first kappa shape index (κ1) is 20.0. The fraction of sp³-hybridized carbons (Fsp3) is 0.238. The van der Waals surface area contributed by atoms with Crippen LogP contribution in [0.2, 0.25) is 0 Å². The molecule has 0 aliphatic carbocycles. The topological polar surface area (TPSA) is 134 Å². The number of anilines is 4. The number of benzene rings is 1. The summed E-state index contributed by atoms with van der Waals surface area (Å²) < 4.78 is 3.22. The zero-order valence-corrected chi connectivity index (χ0v) is 17.8. The van der Waals surface area contributed by atoms with Crippen LogP contribution in [0, 0.1) is 0 Å². The Morgan fingerprint density at radius 1 is 1.12 bits per heavy atom. The van der Waals surface area contributed by atoms with E-state index in [2.05, 4.69) is 36.7 Å². The molecule has 0 spiro atoms. The van der Waals surface area contributed by atoms with Gasteiger partial charge in [0.1, 0.15) is 11.0 Å². The molecule has 0 saturated heterocycles. The molecule has 11 nitrogen and oxygen atoms in total. The number of nitrogens with zero attached hydrogens (tertiary/aromatic N) is 5. The third-order valence-corrected chi connectivity index (χ3v) is 5.22. The van der Waals surface area contributed by atoms with Crippen LogP contribution in [-0.4, -0.2) is 29.4 Å². The number of hydrazine groups is 2. The Hall–Kier alpha value is -3.96. The highest BCUT2D eigenvalue weighted by molar-refractivity contribution is 5.79. The molecule has 3 aromatic heterocycles. The number of rotatable bonds is 5. The van der Waals surface area contributed by atoms with Crippen molar-refractivity contribution in [3.63, 3.8) is 0 Å². The van der Waals surface area contributed by atoms with E-state index in [4.69, 9.17) is 0 Å². The van der Waals surface area contributed by atoms with Gasteiger partial charge in [-0.1, -0.05) is 6.07 Å². The predicted octanol–water partition coefficient (Wildman–Crippen LogP) is 2.23. The number of nitrogens with one attached hydrogen (secondary N) is 4. The Labute approximate surface area is 183 Å². The maximum atomic E-state index is 13.0. The molecule has 1 aliphatic rings. The number of fused-ring (bicyclic) bond motifs is 2. The van der Waals surface area contributed by atoms with Gasteiger partial charge in [-0.3, -0.25) is 4.79 Å². The van der Waals surface area contributed by atoms with Crippen LogP contribution < -0.4 is 27.3 Å². The van der Waals surface area contributed by atoms with Crippen LogP contribution in [0.4, 0.5) is 23.0 Å². The first-order valence-corrected chi connectivity index (χ1v) is 10.2. The molecule has 11 heteroatoms. The van der Waals surface area contributed by atoms with Crippen LogP contribution >= 0.6 is 0 Å². The van der Waals surface area contributed by atoms with Crippen LogP contribution in [0.25, 0.3) is 16.9 Å². The molecule has 4 heterocycles. The van der Waals surface area contributed by atoms with E-state index in [1.807, 2.05) is 25.1 Å².